The first-order valence-electron chi connectivity index (χ1n) is 9.11. The lowest BCUT2D eigenvalue weighted by Crippen LogP contribution is -2.13. The number of hydrazone groups is 1. The SMILES string of the molecule is Cc1ccc(OCCc2ccc(/C=N\N)cc2)cc1NS(=O)(=O)c1ccccc1.Cl. The highest BCUT2D eigenvalue weighted by molar-refractivity contribution is 7.92. The number of ether oxygens (including phenoxy) is 1. The molecule has 0 aliphatic heterocycles. The minimum atomic E-state index is -3.65. The highest BCUT2D eigenvalue weighted by Crippen LogP contribution is 2.25. The van der Waals surface area contributed by atoms with Crippen LogP contribution in [0.3, 0.4) is 0 Å². The Morgan fingerprint density at radius 2 is 1.73 bits per heavy atom. The Morgan fingerprint density at radius 3 is 2.40 bits per heavy atom. The van der Waals surface area contributed by atoms with Crippen LogP contribution in [0, 0.1) is 6.92 Å². The van der Waals surface area contributed by atoms with E-state index in [-0.39, 0.29) is 17.3 Å². The highest BCUT2D eigenvalue weighted by atomic mass is 35.5. The van der Waals surface area contributed by atoms with Gasteiger partial charge in [-0.05, 0) is 41.8 Å². The molecule has 0 atom stereocenters. The Bertz CT molecular complexity index is 1090. The molecule has 3 N–H and O–H groups in total. The summed E-state index contributed by atoms with van der Waals surface area (Å²) in [6.45, 7) is 2.32. The number of halogens is 1. The average molecular weight is 446 g/mol. The van der Waals surface area contributed by atoms with Gasteiger partial charge < -0.3 is 10.6 Å². The highest BCUT2D eigenvalue weighted by Gasteiger charge is 2.15. The van der Waals surface area contributed by atoms with Crippen LogP contribution in [-0.2, 0) is 16.4 Å². The molecule has 30 heavy (non-hydrogen) atoms. The molecule has 0 aliphatic carbocycles. The standard InChI is InChI=1S/C22H23N3O3S.ClH/c1-17-7-12-20(28-14-13-18-8-10-19(11-9-18)16-24-23)15-22(17)25-29(26,27)21-5-3-2-4-6-21;/h2-12,15-16,25H,13-14,23H2,1H3;1H/b24-16-;. The molecule has 0 aromatic heterocycles. The minimum absolute atomic E-state index is 0. The lowest BCUT2D eigenvalue weighted by atomic mass is 10.1. The van der Waals surface area contributed by atoms with E-state index < -0.39 is 10.0 Å². The Kier molecular flexibility index (Phi) is 8.26. The first-order valence-corrected chi connectivity index (χ1v) is 10.6. The van der Waals surface area contributed by atoms with E-state index in [1.54, 1.807) is 42.6 Å². The number of nitrogens with zero attached hydrogens (tertiary/aromatic N) is 1. The molecule has 0 heterocycles. The van der Waals surface area contributed by atoms with Crippen LogP contribution in [0.4, 0.5) is 5.69 Å². The zero-order valence-corrected chi connectivity index (χ0v) is 18.1. The van der Waals surface area contributed by atoms with Crippen molar-refractivity contribution in [2.45, 2.75) is 18.2 Å². The maximum atomic E-state index is 12.6. The van der Waals surface area contributed by atoms with E-state index in [9.17, 15) is 8.42 Å². The smallest absolute Gasteiger partial charge is 0.261 e. The number of hydrogen-bond acceptors (Lipinski definition) is 5. The number of anilines is 1. The maximum Gasteiger partial charge on any atom is 0.261 e. The predicted octanol–water partition coefficient (Wildman–Crippen LogP) is 4.13. The van der Waals surface area contributed by atoms with Crippen LogP contribution in [0.15, 0.2) is 82.8 Å². The molecule has 0 amide bonds. The van der Waals surface area contributed by atoms with E-state index in [0.717, 1.165) is 23.1 Å². The van der Waals surface area contributed by atoms with Crippen molar-refractivity contribution in [1.82, 2.24) is 0 Å². The van der Waals surface area contributed by atoms with Gasteiger partial charge in [0.15, 0.2) is 0 Å². The predicted molar refractivity (Wildman–Crippen MR) is 123 cm³/mol. The summed E-state index contributed by atoms with van der Waals surface area (Å²) < 4.78 is 33.6. The minimum Gasteiger partial charge on any atom is -0.493 e. The van der Waals surface area contributed by atoms with Crippen LogP contribution in [0.2, 0.25) is 0 Å². The van der Waals surface area contributed by atoms with Crippen LogP contribution >= 0.6 is 12.4 Å². The van der Waals surface area contributed by atoms with Gasteiger partial charge in [-0.1, -0.05) is 48.5 Å². The molecule has 3 aromatic carbocycles. The quantitative estimate of drug-likeness (QED) is 0.309. The maximum absolute atomic E-state index is 12.6. The lowest BCUT2D eigenvalue weighted by Gasteiger charge is -2.13. The molecular weight excluding hydrogens is 422 g/mol. The third-order valence-electron chi connectivity index (χ3n) is 4.37. The largest absolute Gasteiger partial charge is 0.493 e. The fourth-order valence-corrected chi connectivity index (χ4v) is 3.89. The van der Waals surface area contributed by atoms with Crippen LogP contribution < -0.4 is 15.3 Å². The second kappa shape index (κ2) is 10.7. The molecule has 3 aromatic rings. The molecular formula is C22H24ClN3O3S. The van der Waals surface area contributed by atoms with Gasteiger partial charge in [-0.15, -0.1) is 12.4 Å². The second-order valence-electron chi connectivity index (χ2n) is 6.51. The van der Waals surface area contributed by atoms with E-state index in [1.807, 2.05) is 43.3 Å². The Hall–Kier alpha value is -3.03. The molecule has 0 saturated heterocycles. The Balaban J connectivity index is 0.00000320. The van der Waals surface area contributed by atoms with Crippen molar-refractivity contribution in [3.63, 3.8) is 0 Å². The molecule has 0 radical (unpaired) electrons. The average Bonchev–Trinajstić information content (AvgIpc) is 2.72. The van der Waals surface area contributed by atoms with Gasteiger partial charge in [0.2, 0.25) is 0 Å². The number of nitrogens with one attached hydrogen (secondary N) is 1. The Labute approximate surface area is 183 Å². The zero-order chi connectivity index (χ0) is 20.7. The fourth-order valence-electron chi connectivity index (χ4n) is 2.75. The molecule has 0 fully saturated rings. The summed E-state index contributed by atoms with van der Waals surface area (Å²) in [6, 6.07) is 21.5. The van der Waals surface area contributed by atoms with Crippen molar-refractivity contribution in [2.24, 2.45) is 10.9 Å². The molecule has 0 spiro atoms. The van der Waals surface area contributed by atoms with Crippen LogP contribution in [-0.4, -0.2) is 21.2 Å². The fraction of sp³-hybridized carbons (Fsp3) is 0.136. The van der Waals surface area contributed by atoms with Crippen LogP contribution in [0.1, 0.15) is 16.7 Å². The van der Waals surface area contributed by atoms with E-state index in [2.05, 4.69) is 9.82 Å². The van der Waals surface area contributed by atoms with Crippen molar-refractivity contribution >= 4 is 34.3 Å². The Morgan fingerprint density at radius 1 is 1.03 bits per heavy atom. The first-order chi connectivity index (χ1) is 14.0. The summed E-state index contributed by atoms with van der Waals surface area (Å²) >= 11 is 0. The third kappa shape index (κ3) is 6.23. The van der Waals surface area contributed by atoms with Crippen molar-refractivity contribution in [3.05, 3.63) is 89.5 Å². The number of benzene rings is 3. The summed E-state index contributed by atoms with van der Waals surface area (Å²) in [4.78, 5) is 0.217. The lowest BCUT2D eigenvalue weighted by molar-refractivity contribution is 0.322. The molecule has 3 rings (SSSR count). The molecule has 8 heteroatoms. The van der Waals surface area contributed by atoms with E-state index >= 15 is 0 Å². The van der Waals surface area contributed by atoms with Gasteiger partial charge in [0, 0.05) is 12.5 Å². The van der Waals surface area contributed by atoms with E-state index in [0.29, 0.717) is 18.0 Å². The van der Waals surface area contributed by atoms with E-state index in [4.69, 9.17) is 10.6 Å². The first kappa shape index (κ1) is 23.3. The van der Waals surface area contributed by atoms with Crippen molar-refractivity contribution < 1.29 is 13.2 Å². The van der Waals surface area contributed by atoms with Gasteiger partial charge in [-0.3, -0.25) is 4.72 Å². The zero-order valence-electron chi connectivity index (χ0n) is 16.5. The van der Waals surface area contributed by atoms with Gasteiger partial charge >= 0.3 is 0 Å². The van der Waals surface area contributed by atoms with E-state index in [1.165, 1.54) is 0 Å². The third-order valence-corrected chi connectivity index (χ3v) is 5.75. The summed E-state index contributed by atoms with van der Waals surface area (Å²) in [5.41, 5.74) is 3.37. The number of nitrogens with two attached hydrogens (primary N) is 1. The molecule has 158 valence electrons. The van der Waals surface area contributed by atoms with Gasteiger partial charge in [-0.25, -0.2) is 8.42 Å². The molecule has 0 saturated carbocycles. The van der Waals surface area contributed by atoms with Gasteiger partial charge in [0.1, 0.15) is 5.75 Å². The summed E-state index contributed by atoms with van der Waals surface area (Å²) in [7, 11) is -3.65. The van der Waals surface area contributed by atoms with Gasteiger partial charge in [0.05, 0.1) is 23.4 Å². The molecule has 0 aliphatic rings. The number of aryl methyl sites for hydroxylation is 1. The number of sulfonamides is 1. The van der Waals surface area contributed by atoms with Crippen LogP contribution in [0.25, 0.3) is 0 Å². The van der Waals surface area contributed by atoms with Crippen molar-refractivity contribution in [3.8, 4) is 5.75 Å². The van der Waals surface area contributed by atoms with Crippen molar-refractivity contribution in [2.75, 3.05) is 11.3 Å². The summed E-state index contributed by atoms with van der Waals surface area (Å²) in [5.74, 6) is 5.75. The van der Waals surface area contributed by atoms with Gasteiger partial charge in [0.25, 0.3) is 10.0 Å². The number of hydrogen-bond donors (Lipinski definition) is 2. The normalized spacial score (nSPS) is 11.1. The molecule has 0 unspecified atom stereocenters. The molecule has 6 nitrogen and oxygen atoms in total. The van der Waals surface area contributed by atoms with Gasteiger partial charge in [-0.2, -0.15) is 5.10 Å². The summed E-state index contributed by atoms with van der Waals surface area (Å²) in [6.07, 6.45) is 2.31. The van der Waals surface area contributed by atoms with Crippen LogP contribution in [0.5, 0.6) is 5.75 Å². The molecule has 0 bridgehead atoms. The topological polar surface area (TPSA) is 93.8 Å². The number of rotatable bonds is 8. The monoisotopic (exact) mass is 445 g/mol. The van der Waals surface area contributed by atoms with Crippen molar-refractivity contribution in [1.29, 1.82) is 0 Å². The summed E-state index contributed by atoms with van der Waals surface area (Å²) in [5, 5.41) is 3.50. The second-order valence-corrected chi connectivity index (χ2v) is 8.20.